The maximum atomic E-state index is 16.1. The maximum absolute atomic E-state index is 16.1. The molecule has 4 aromatic rings. The average molecular weight is 603 g/mol. The number of rotatable bonds is 3. The zero-order valence-electron chi connectivity index (χ0n) is 23.6. The van der Waals surface area contributed by atoms with E-state index in [1.165, 1.54) is 40.6 Å². The van der Waals surface area contributed by atoms with E-state index in [1.807, 2.05) is 24.8 Å². The van der Waals surface area contributed by atoms with Gasteiger partial charge in [-0.2, -0.15) is 4.98 Å². The fourth-order valence-electron chi connectivity index (χ4n) is 6.11. The molecule has 0 radical (unpaired) electrons. The van der Waals surface area contributed by atoms with Crippen molar-refractivity contribution in [3.8, 4) is 22.7 Å². The van der Waals surface area contributed by atoms with Gasteiger partial charge in [0.15, 0.2) is 11.5 Å². The summed E-state index contributed by atoms with van der Waals surface area (Å²) in [7, 11) is 0. The van der Waals surface area contributed by atoms with Crippen molar-refractivity contribution in [2.24, 2.45) is 0 Å². The Morgan fingerprint density at radius 2 is 2.00 bits per heavy atom. The van der Waals surface area contributed by atoms with E-state index in [-0.39, 0.29) is 59.0 Å². The SMILES string of the molecule is C=CC(=O)N1CCN(c2nc(=O)n3c4nc(c(F)cc24)-c2c(F)cccc2OCCSc2ccnc(C(C)C)c2-3)[C@H]2C[C@H]21. The lowest BCUT2D eigenvalue weighted by atomic mass is 10.1. The first-order chi connectivity index (χ1) is 20.8. The van der Waals surface area contributed by atoms with Gasteiger partial charge in [0.2, 0.25) is 5.91 Å². The largest absolute Gasteiger partial charge is 0.492 e. The Morgan fingerprint density at radius 3 is 2.79 bits per heavy atom. The third kappa shape index (κ3) is 4.46. The van der Waals surface area contributed by atoms with E-state index in [9.17, 15) is 9.59 Å². The molecule has 0 N–H and O–H groups in total. The lowest BCUT2D eigenvalue weighted by molar-refractivity contribution is -0.126. The van der Waals surface area contributed by atoms with E-state index in [4.69, 9.17) is 4.74 Å². The molecule has 0 unspecified atom stereocenters. The number of nitrogens with zero attached hydrogens (tertiary/aromatic N) is 6. The molecule has 12 heteroatoms. The second-order valence-electron chi connectivity index (χ2n) is 11.1. The van der Waals surface area contributed by atoms with Crippen LogP contribution in [0.25, 0.3) is 28.0 Å². The number of hydrogen-bond donors (Lipinski definition) is 0. The van der Waals surface area contributed by atoms with E-state index < -0.39 is 17.3 Å². The summed E-state index contributed by atoms with van der Waals surface area (Å²) >= 11 is 1.47. The fourth-order valence-corrected chi connectivity index (χ4v) is 6.99. The van der Waals surface area contributed by atoms with Crippen LogP contribution >= 0.6 is 11.8 Å². The minimum atomic E-state index is -0.773. The number of fused-ring (bicyclic) bond motifs is 6. The van der Waals surface area contributed by atoms with Crippen molar-refractivity contribution in [1.29, 1.82) is 0 Å². The van der Waals surface area contributed by atoms with E-state index in [0.29, 0.717) is 42.0 Å². The molecule has 43 heavy (non-hydrogen) atoms. The molecule has 2 bridgehead atoms. The van der Waals surface area contributed by atoms with Crippen LogP contribution in [-0.4, -0.2) is 67.9 Å². The highest BCUT2D eigenvalue weighted by molar-refractivity contribution is 7.99. The van der Waals surface area contributed by atoms with E-state index in [2.05, 4.69) is 21.5 Å². The molecule has 1 saturated heterocycles. The first-order valence-electron chi connectivity index (χ1n) is 14.1. The number of benzene rings is 1. The summed E-state index contributed by atoms with van der Waals surface area (Å²) in [6.07, 6.45) is 3.69. The van der Waals surface area contributed by atoms with Gasteiger partial charge in [-0.15, -0.1) is 11.8 Å². The highest BCUT2D eigenvalue weighted by Crippen LogP contribution is 2.43. The molecule has 220 valence electrons. The second kappa shape index (κ2) is 10.4. The lowest BCUT2D eigenvalue weighted by Crippen LogP contribution is -2.49. The number of halogens is 2. The number of hydrogen-bond acceptors (Lipinski definition) is 8. The van der Waals surface area contributed by atoms with Crippen LogP contribution in [0.1, 0.15) is 31.9 Å². The molecular formula is C31H28F2N6O3S. The molecule has 3 aliphatic rings. The lowest BCUT2D eigenvalue weighted by Gasteiger charge is -2.35. The zero-order chi connectivity index (χ0) is 30.0. The number of aromatic nitrogens is 4. The number of carbonyl (C=O) groups is 1. The summed E-state index contributed by atoms with van der Waals surface area (Å²) in [4.78, 5) is 44.8. The molecule has 1 aromatic carbocycles. The smallest absolute Gasteiger partial charge is 0.355 e. The van der Waals surface area contributed by atoms with Gasteiger partial charge in [-0.3, -0.25) is 9.78 Å². The highest BCUT2D eigenvalue weighted by atomic mass is 32.2. The Bertz CT molecular complexity index is 1880. The summed E-state index contributed by atoms with van der Waals surface area (Å²) in [6, 6.07) is 7.27. The van der Waals surface area contributed by atoms with Crippen LogP contribution < -0.4 is 15.3 Å². The second-order valence-corrected chi connectivity index (χ2v) is 12.2. The summed E-state index contributed by atoms with van der Waals surface area (Å²) in [5.41, 5.74) is 0.328. The van der Waals surface area contributed by atoms with Crippen molar-refractivity contribution in [2.75, 3.05) is 30.3 Å². The molecule has 1 saturated carbocycles. The van der Waals surface area contributed by atoms with Gasteiger partial charge in [0.05, 0.1) is 41.0 Å². The van der Waals surface area contributed by atoms with E-state index in [1.54, 1.807) is 17.2 Å². The zero-order valence-corrected chi connectivity index (χ0v) is 24.4. The van der Waals surface area contributed by atoms with Crippen molar-refractivity contribution in [2.45, 2.75) is 43.2 Å². The Morgan fingerprint density at radius 1 is 1.16 bits per heavy atom. The van der Waals surface area contributed by atoms with Gasteiger partial charge in [-0.1, -0.05) is 26.5 Å². The van der Waals surface area contributed by atoms with Crippen molar-refractivity contribution in [3.63, 3.8) is 0 Å². The van der Waals surface area contributed by atoms with Crippen molar-refractivity contribution < 1.29 is 18.3 Å². The predicted octanol–water partition coefficient (Wildman–Crippen LogP) is 4.70. The quantitative estimate of drug-likeness (QED) is 0.312. The molecule has 1 aliphatic carbocycles. The number of thioether (sulfide) groups is 1. The van der Waals surface area contributed by atoms with Gasteiger partial charge >= 0.3 is 5.69 Å². The number of amides is 1. The third-order valence-electron chi connectivity index (χ3n) is 8.13. The Hall–Kier alpha value is -4.32. The summed E-state index contributed by atoms with van der Waals surface area (Å²) in [6.45, 7) is 8.57. The van der Waals surface area contributed by atoms with Crippen molar-refractivity contribution >= 4 is 34.5 Å². The van der Waals surface area contributed by atoms with Gasteiger partial charge in [-0.25, -0.2) is 23.1 Å². The van der Waals surface area contributed by atoms with E-state index >= 15 is 8.78 Å². The average Bonchev–Trinajstić information content (AvgIpc) is 3.79. The van der Waals surface area contributed by atoms with Crippen LogP contribution in [0.2, 0.25) is 0 Å². The molecule has 2 fully saturated rings. The van der Waals surface area contributed by atoms with Crippen LogP contribution in [-0.2, 0) is 4.79 Å². The molecule has 1 amide bonds. The number of carbonyl (C=O) groups excluding carboxylic acids is 1. The fraction of sp³-hybridized carbons (Fsp3) is 0.323. The standard InChI is InChI=1S/C31H28F2N6O3S/c1-4-24(40)37-10-11-38(21-15-20(21)37)29-17-14-19(33)27-25-18(32)6-5-7-22(25)42-12-13-43-23-8-9-34-26(16(2)3)28(23)39(30(17)35-27)31(41)36-29/h4-9,14,16,20-21H,1,10-13,15H2,2-3H3/t20-,21+/m1/s1. The van der Waals surface area contributed by atoms with Crippen molar-refractivity contribution in [3.05, 3.63) is 77.0 Å². The number of piperazine rings is 1. The maximum Gasteiger partial charge on any atom is 0.355 e. The Balaban J connectivity index is 1.53. The van der Waals surface area contributed by atoms with Crippen LogP contribution in [0.3, 0.4) is 0 Å². The third-order valence-corrected chi connectivity index (χ3v) is 9.15. The first kappa shape index (κ1) is 27.5. The van der Waals surface area contributed by atoms with Crippen molar-refractivity contribution in [1.82, 2.24) is 24.4 Å². The molecule has 7 rings (SSSR count). The van der Waals surface area contributed by atoms with Crippen LogP contribution in [0, 0.1) is 11.6 Å². The topological polar surface area (TPSA) is 93.5 Å². The molecule has 2 atom stereocenters. The monoisotopic (exact) mass is 602 g/mol. The minimum absolute atomic E-state index is 0.0551. The minimum Gasteiger partial charge on any atom is -0.492 e. The molecule has 5 heterocycles. The van der Waals surface area contributed by atoms with Crippen LogP contribution in [0.15, 0.2) is 58.9 Å². The van der Waals surface area contributed by atoms with Gasteiger partial charge in [0.25, 0.3) is 0 Å². The summed E-state index contributed by atoms with van der Waals surface area (Å²) < 4.78 is 38.8. The number of pyridine rings is 2. The first-order valence-corrected chi connectivity index (χ1v) is 15.1. The van der Waals surface area contributed by atoms with Gasteiger partial charge < -0.3 is 14.5 Å². The number of anilines is 1. The summed E-state index contributed by atoms with van der Waals surface area (Å²) in [5.74, 6) is -0.748. The molecule has 0 spiro atoms. The highest BCUT2D eigenvalue weighted by Gasteiger charge is 2.51. The van der Waals surface area contributed by atoms with E-state index in [0.717, 1.165) is 4.90 Å². The molecular weight excluding hydrogens is 574 g/mol. The predicted molar refractivity (Wildman–Crippen MR) is 160 cm³/mol. The van der Waals surface area contributed by atoms with Gasteiger partial charge in [-0.05, 0) is 42.7 Å². The van der Waals surface area contributed by atoms with Gasteiger partial charge in [0, 0.05) is 29.9 Å². The molecule has 9 nitrogen and oxygen atoms in total. The molecule has 3 aromatic heterocycles. The summed E-state index contributed by atoms with van der Waals surface area (Å²) in [5, 5.41) is 0.306. The van der Waals surface area contributed by atoms with Crippen LogP contribution in [0.4, 0.5) is 14.6 Å². The van der Waals surface area contributed by atoms with Crippen LogP contribution in [0.5, 0.6) is 5.75 Å². The Kier molecular flexibility index (Phi) is 6.68. The normalized spacial score (nSPS) is 19.2. The molecule has 2 aliphatic heterocycles. The van der Waals surface area contributed by atoms with Gasteiger partial charge in [0.1, 0.15) is 23.1 Å². The number of ether oxygens (including phenoxy) is 1. The Labute approximate surface area is 250 Å².